The van der Waals surface area contributed by atoms with Gasteiger partial charge in [-0.15, -0.1) is 11.6 Å². The molecule has 0 saturated heterocycles. The molecule has 1 aromatic heterocycles. The fraction of sp³-hybridized carbons (Fsp3) is 0.333. The molecule has 2 rings (SSSR count). The quantitative estimate of drug-likeness (QED) is 0.794. The Balaban J connectivity index is 2.18. The molecule has 1 aromatic carbocycles. The van der Waals surface area contributed by atoms with Crippen LogP contribution in [0.4, 0.5) is 0 Å². The number of aromatic nitrogens is 2. The summed E-state index contributed by atoms with van der Waals surface area (Å²) in [4.78, 5) is 13.9. The molecule has 0 fully saturated rings. The van der Waals surface area contributed by atoms with Crippen molar-refractivity contribution >= 4 is 17.5 Å². The molecular formula is C15H18ClN3O. The van der Waals surface area contributed by atoms with E-state index < -0.39 is 5.38 Å². The summed E-state index contributed by atoms with van der Waals surface area (Å²) in [5.74, 6) is -0.0794. The lowest BCUT2D eigenvalue weighted by Crippen LogP contribution is -2.33. The highest BCUT2D eigenvalue weighted by Crippen LogP contribution is 2.23. The van der Waals surface area contributed by atoms with Gasteiger partial charge in [0, 0.05) is 24.8 Å². The zero-order valence-corrected chi connectivity index (χ0v) is 12.4. The number of halogens is 1. The fourth-order valence-electron chi connectivity index (χ4n) is 2.03. The normalized spacial score (nSPS) is 12.2. The Bertz CT molecular complexity index is 564. The Morgan fingerprint density at radius 1 is 1.30 bits per heavy atom. The smallest absolute Gasteiger partial charge is 0.245 e. The van der Waals surface area contributed by atoms with Crippen LogP contribution in [-0.4, -0.2) is 33.7 Å². The van der Waals surface area contributed by atoms with Gasteiger partial charge in [0.1, 0.15) is 5.38 Å². The van der Waals surface area contributed by atoms with Crippen molar-refractivity contribution in [2.75, 3.05) is 13.1 Å². The predicted molar refractivity (Wildman–Crippen MR) is 80.1 cm³/mol. The lowest BCUT2D eigenvalue weighted by molar-refractivity contribution is -0.130. The van der Waals surface area contributed by atoms with Crippen LogP contribution in [0.5, 0.6) is 0 Å². The highest BCUT2D eigenvalue weighted by molar-refractivity contribution is 6.30. The number of carbonyl (C=O) groups is 1. The molecule has 106 valence electrons. The van der Waals surface area contributed by atoms with Crippen molar-refractivity contribution < 1.29 is 4.79 Å². The maximum atomic E-state index is 12.2. The number of hydrogen-bond donors (Lipinski definition) is 0. The Labute approximate surface area is 124 Å². The lowest BCUT2D eigenvalue weighted by atomic mass is 10.2. The molecule has 5 heteroatoms. The first-order valence-electron chi connectivity index (χ1n) is 6.70. The molecule has 0 aliphatic carbocycles. The zero-order chi connectivity index (χ0) is 14.5. The van der Waals surface area contributed by atoms with Crippen molar-refractivity contribution in [3.63, 3.8) is 0 Å². The van der Waals surface area contributed by atoms with E-state index in [0.717, 1.165) is 5.69 Å². The minimum Gasteiger partial charge on any atom is -0.342 e. The van der Waals surface area contributed by atoms with E-state index in [0.29, 0.717) is 18.7 Å². The molecule has 0 N–H and O–H groups in total. The van der Waals surface area contributed by atoms with Crippen LogP contribution < -0.4 is 0 Å². The first-order valence-corrected chi connectivity index (χ1v) is 7.13. The van der Waals surface area contributed by atoms with E-state index in [1.165, 1.54) is 0 Å². The Kier molecular flexibility index (Phi) is 4.79. The van der Waals surface area contributed by atoms with Crippen molar-refractivity contribution in [2.45, 2.75) is 19.2 Å². The summed E-state index contributed by atoms with van der Waals surface area (Å²) in [7, 11) is 0. The SMILES string of the molecule is CCN(CC)C(=O)C(Cl)c1cnn(-c2ccccc2)c1. The third-order valence-corrected chi connectivity index (χ3v) is 3.65. The number of benzene rings is 1. The molecule has 0 bridgehead atoms. The van der Waals surface area contributed by atoms with Gasteiger partial charge in [-0.1, -0.05) is 18.2 Å². The summed E-state index contributed by atoms with van der Waals surface area (Å²) in [5.41, 5.74) is 1.66. The lowest BCUT2D eigenvalue weighted by Gasteiger charge is -2.20. The van der Waals surface area contributed by atoms with Gasteiger partial charge in [-0.05, 0) is 26.0 Å². The van der Waals surface area contributed by atoms with Crippen LogP contribution in [-0.2, 0) is 4.79 Å². The van der Waals surface area contributed by atoms with E-state index in [-0.39, 0.29) is 5.91 Å². The Hall–Kier alpha value is -1.81. The summed E-state index contributed by atoms with van der Waals surface area (Å²) >= 11 is 6.27. The Morgan fingerprint density at radius 2 is 1.95 bits per heavy atom. The number of likely N-dealkylation sites (N-methyl/N-ethyl adjacent to an activating group) is 1. The molecule has 0 saturated carbocycles. The molecule has 2 aromatic rings. The second kappa shape index (κ2) is 6.57. The third-order valence-electron chi connectivity index (χ3n) is 3.21. The van der Waals surface area contributed by atoms with Gasteiger partial charge in [0.15, 0.2) is 0 Å². The molecule has 20 heavy (non-hydrogen) atoms. The van der Waals surface area contributed by atoms with Gasteiger partial charge in [-0.3, -0.25) is 4.79 Å². The van der Waals surface area contributed by atoms with Crippen LogP contribution in [0.1, 0.15) is 24.8 Å². The van der Waals surface area contributed by atoms with E-state index in [4.69, 9.17) is 11.6 Å². The van der Waals surface area contributed by atoms with Crippen LogP contribution in [0.25, 0.3) is 5.69 Å². The average Bonchev–Trinajstić information content (AvgIpc) is 2.98. The highest BCUT2D eigenvalue weighted by Gasteiger charge is 2.23. The van der Waals surface area contributed by atoms with Gasteiger partial charge < -0.3 is 4.90 Å². The third kappa shape index (κ3) is 3.02. The molecule has 1 heterocycles. The fourth-order valence-corrected chi connectivity index (χ4v) is 2.28. The molecule has 1 unspecified atom stereocenters. The van der Waals surface area contributed by atoms with Gasteiger partial charge in [0.2, 0.25) is 5.91 Å². The molecule has 0 spiro atoms. The first kappa shape index (κ1) is 14.6. The number of nitrogens with zero attached hydrogens (tertiary/aromatic N) is 3. The van der Waals surface area contributed by atoms with Crippen LogP contribution in [0.15, 0.2) is 42.7 Å². The summed E-state index contributed by atoms with van der Waals surface area (Å²) in [6.07, 6.45) is 3.44. The van der Waals surface area contributed by atoms with Gasteiger partial charge in [0.05, 0.1) is 11.9 Å². The van der Waals surface area contributed by atoms with Crippen molar-refractivity contribution in [3.05, 3.63) is 48.3 Å². The van der Waals surface area contributed by atoms with Crippen molar-refractivity contribution in [1.82, 2.24) is 14.7 Å². The molecule has 4 nitrogen and oxygen atoms in total. The van der Waals surface area contributed by atoms with Crippen molar-refractivity contribution in [2.24, 2.45) is 0 Å². The standard InChI is InChI=1S/C15H18ClN3O/c1-3-18(4-2)15(20)14(16)12-10-17-19(11-12)13-8-6-5-7-9-13/h5-11,14H,3-4H2,1-2H3. The molecule has 1 atom stereocenters. The minimum atomic E-state index is -0.688. The maximum Gasteiger partial charge on any atom is 0.245 e. The zero-order valence-electron chi connectivity index (χ0n) is 11.7. The number of carbonyl (C=O) groups excluding carboxylic acids is 1. The molecular weight excluding hydrogens is 274 g/mol. The molecule has 0 aliphatic rings. The number of para-hydroxylation sites is 1. The van der Waals surface area contributed by atoms with Crippen LogP contribution in [0.2, 0.25) is 0 Å². The number of hydrogen-bond acceptors (Lipinski definition) is 2. The van der Waals surface area contributed by atoms with E-state index in [9.17, 15) is 4.79 Å². The van der Waals surface area contributed by atoms with Crippen molar-refractivity contribution in [1.29, 1.82) is 0 Å². The predicted octanol–water partition coefficient (Wildman–Crippen LogP) is 3.02. The first-order chi connectivity index (χ1) is 9.67. The van der Waals surface area contributed by atoms with Gasteiger partial charge >= 0.3 is 0 Å². The topological polar surface area (TPSA) is 38.1 Å². The van der Waals surface area contributed by atoms with Gasteiger partial charge in [-0.25, -0.2) is 4.68 Å². The number of amides is 1. The number of rotatable bonds is 5. The van der Waals surface area contributed by atoms with Crippen LogP contribution >= 0.6 is 11.6 Å². The molecule has 0 radical (unpaired) electrons. The highest BCUT2D eigenvalue weighted by atomic mass is 35.5. The maximum absolute atomic E-state index is 12.2. The molecule has 0 aliphatic heterocycles. The van der Waals surface area contributed by atoms with Crippen LogP contribution in [0.3, 0.4) is 0 Å². The van der Waals surface area contributed by atoms with E-state index >= 15 is 0 Å². The van der Waals surface area contributed by atoms with E-state index in [1.54, 1.807) is 22.0 Å². The van der Waals surface area contributed by atoms with Gasteiger partial charge in [-0.2, -0.15) is 5.10 Å². The second-order valence-corrected chi connectivity index (χ2v) is 4.86. The van der Waals surface area contributed by atoms with Gasteiger partial charge in [0.25, 0.3) is 0 Å². The molecule has 1 amide bonds. The number of alkyl halides is 1. The van der Waals surface area contributed by atoms with Crippen molar-refractivity contribution in [3.8, 4) is 5.69 Å². The summed E-state index contributed by atoms with van der Waals surface area (Å²) < 4.78 is 1.72. The summed E-state index contributed by atoms with van der Waals surface area (Å²) in [6.45, 7) is 5.20. The largest absolute Gasteiger partial charge is 0.342 e. The second-order valence-electron chi connectivity index (χ2n) is 4.43. The minimum absolute atomic E-state index is 0.0794. The van der Waals surface area contributed by atoms with Crippen LogP contribution in [0, 0.1) is 0 Å². The summed E-state index contributed by atoms with van der Waals surface area (Å²) in [6, 6.07) is 9.73. The average molecular weight is 292 g/mol. The summed E-state index contributed by atoms with van der Waals surface area (Å²) in [5, 5.41) is 3.57. The monoisotopic (exact) mass is 291 g/mol. The Morgan fingerprint density at radius 3 is 2.55 bits per heavy atom. The van der Waals surface area contributed by atoms with E-state index in [1.807, 2.05) is 44.2 Å². The van der Waals surface area contributed by atoms with E-state index in [2.05, 4.69) is 5.10 Å².